The molecule has 0 aromatic heterocycles. The van der Waals surface area contributed by atoms with Crippen LogP contribution >= 0.6 is 11.6 Å². The maximum Gasteiger partial charge on any atom is 0.292 e. The Labute approximate surface area is 209 Å². The fourth-order valence-electron chi connectivity index (χ4n) is 4.78. The number of aliphatic hydroxyl groups is 1. The molecule has 7 heteroatoms. The minimum atomic E-state index is -1.53. The fourth-order valence-corrected chi connectivity index (χ4v) is 5.00. The van der Waals surface area contributed by atoms with Crippen molar-refractivity contribution in [2.75, 3.05) is 13.1 Å². The van der Waals surface area contributed by atoms with Gasteiger partial charge in [-0.3, -0.25) is 14.5 Å². The van der Waals surface area contributed by atoms with Gasteiger partial charge in [0.2, 0.25) is 5.78 Å². The lowest BCUT2D eigenvalue weighted by Crippen LogP contribution is -2.59. The zero-order valence-corrected chi connectivity index (χ0v) is 20.4. The van der Waals surface area contributed by atoms with Gasteiger partial charge in [0.25, 0.3) is 5.91 Å². The number of hydrogen-bond acceptors (Lipinski definition) is 5. The number of nitrogens with zero attached hydrogens (tertiary/aromatic N) is 1. The Morgan fingerprint density at radius 3 is 2.46 bits per heavy atom. The van der Waals surface area contributed by atoms with Crippen molar-refractivity contribution in [1.82, 2.24) is 10.2 Å². The summed E-state index contributed by atoms with van der Waals surface area (Å²) in [5, 5.41) is 17.1. The number of hydrogen-bond donors (Lipinski definition) is 2. The van der Waals surface area contributed by atoms with Gasteiger partial charge in [-0.25, -0.2) is 0 Å². The molecule has 2 atom stereocenters. The van der Waals surface area contributed by atoms with Crippen LogP contribution in [0.5, 0.6) is 5.75 Å². The Balaban J connectivity index is 1.39. The Hall–Kier alpha value is -2.93. The van der Waals surface area contributed by atoms with Gasteiger partial charge in [-0.15, -0.1) is 0 Å². The first-order valence-corrected chi connectivity index (χ1v) is 12.5. The largest absolute Gasteiger partial charge is 0.489 e. The van der Waals surface area contributed by atoms with E-state index in [4.69, 9.17) is 16.3 Å². The van der Waals surface area contributed by atoms with Crippen LogP contribution in [0.25, 0.3) is 10.8 Å². The van der Waals surface area contributed by atoms with E-state index in [0.29, 0.717) is 35.0 Å². The number of carbonyl (C=O) groups excluding carboxylic acids is 2. The highest BCUT2D eigenvalue weighted by Gasteiger charge is 2.44. The van der Waals surface area contributed by atoms with Crippen molar-refractivity contribution in [3.05, 3.63) is 76.8 Å². The molecule has 2 fully saturated rings. The van der Waals surface area contributed by atoms with Crippen LogP contribution in [0.2, 0.25) is 5.02 Å². The normalized spacial score (nSPS) is 18.7. The average Bonchev–Trinajstić information content (AvgIpc) is 3.51. The molecule has 3 aromatic rings. The summed E-state index contributed by atoms with van der Waals surface area (Å²) in [5.41, 5.74) is -0.668. The van der Waals surface area contributed by atoms with Crippen molar-refractivity contribution in [1.29, 1.82) is 0 Å². The Kier molecular flexibility index (Phi) is 6.53. The number of fused-ring (bicyclic) bond motifs is 1. The molecule has 0 bridgehead atoms. The van der Waals surface area contributed by atoms with E-state index in [0.717, 1.165) is 36.5 Å². The van der Waals surface area contributed by atoms with Gasteiger partial charge in [-0.2, -0.15) is 0 Å². The smallest absolute Gasteiger partial charge is 0.292 e. The summed E-state index contributed by atoms with van der Waals surface area (Å²) < 4.78 is 5.84. The molecule has 1 aliphatic heterocycles. The summed E-state index contributed by atoms with van der Waals surface area (Å²) in [7, 11) is 0. The number of ketones is 1. The second-order valence-corrected chi connectivity index (χ2v) is 9.88. The van der Waals surface area contributed by atoms with Crippen LogP contribution in [0.4, 0.5) is 0 Å². The predicted molar refractivity (Wildman–Crippen MR) is 136 cm³/mol. The van der Waals surface area contributed by atoms with E-state index in [2.05, 4.69) is 5.32 Å². The summed E-state index contributed by atoms with van der Waals surface area (Å²) in [6.45, 7) is 3.06. The number of benzene rings is 3. The highest BCUT2D eigenvalue weighted by Crippen LogP contribution is 2.38. The van der Waals surface area contributed by atoms with Crippen molar-refractivity contribution < 1.29 is 19.4 Å². The lowest BCUT2D eigenvalue weighted by atomic mass is 9.93. The number of likely N-dealkylation sites (tertiary alicyclic amines) is 1. The third-order valence-corrected chi connectivity index (χ3v) is 7.23. The minimum absolute atomic E-state index is 0.204. The van der Waals surface area contributed by atoms with Crippen LogP contribution in [0.3, 0.4) is 0 Å². The first-order chi connectivity index (χ1) is 16.9. The molecule has 2 N–H and O–H groups in total. The SMILES string of the molecule is C[C@@H](NC(=O)C(=O)c1ccc2ccccc2c1)[C@](O)(c1ccc(OC2CC2)c(Cl)c1)N1CCCC1. The molecule has 1 aliphatic carbocycles. The molecule has 0 radical (unpaired) electrons. The summed E-state index contributed by atoms with van der Waals surface area (Å²) in [4.78, 5) is 27.9. The zero-order chi connectivity index (χ0) is 24.6. The topological polar surface area (TPSA) is 78.9 Å². The molecular formula is C28H29ClN2O4. The Bertz CT molecular complexity index is 1270. The Morgan fingerprint density at radius 2 is 1.77 bits per heavy atom. The fraction of sp³-hybridized carbons (Fsp3) is 0.357. The summed E-state index contributed by atoms with van der Waals surface area (Å²) in [6.07, 6.45) is 4.12. The number of ether oxygens (including phenoxy) is 1. The van der Waals surface area contributed by atoms with Gasteiger partial charge >= 0.3 is 0 Å². The van der Waals surface area contributed by atoms with Crippen molar-refractivity contribution in [2.24, 2.45) is 0 Å². The summed E-state index contributed by atoms with van der Waals surface area (Å²) >= 11 is 6.51. The van der Waals surface area contributed by atoms with E-state index < -0.39 is 23.5 Å². The maximum atomic E-state index is 13.0. The molecular weight excluding hydrogens is 464 g/mol. The minimum Gasteiger partial charge on any atom is -0.489 e. The van der Waals surface area contributed by atoms with E-state index in [-0.39, 0.29) is 6.10 Å². The monoisotopic (exact) mass is 492 g/mol. The van der Waals surface area contributed by atoms with Gasteiger partial charge in [0.05, 0.1) is 17.2 Å². The van der Waals surface area contributed by atoms with Crippen molar-refractivity contribution in [3.8, 4) is 5.75 Å². The zero-order valence-electron chi connectivity index (χ0n) is 19.7. The van der Waals surface area contributed by atoms with Crippen LogP contribution in [0, 0.1) is 0 Å². The molecule has 6 nitrogen and oxygen atoms in total. The number of Topliss-reactive ketones (excluding diaryl/α,β-unsaturated/α-hetero) is 1. The van der Waals surface area contributed by atoms with E-state index in [1.165, 1.54) is 0 Å². The molecule has 1 heterocycles. The standard InChI is InChI=1S/C28H29ClN2O4/c1-18(30-27(33)26(32)21-9-8-19-6-2-3-7-20(19)16-21)28(34,31-14-4-5-15-31)22-10-13-25(24(29)17-22)35-23-11-12-23/h2-3,6-10,13,16-18,23,34H,4-5,11-12,14-15H2,1H3,(H,30,33)/t18-,28+/m1/s1. The molecule has 182 valence electrons. The van der Waals surface area contributed by atoms with Gasteiger partial charge in [-0.05, 0) is 61.6 Å². The highest BCUT2D eigenvalue weighted by atomic mass is 35.5. The lowest BCUT2D eigenvalue weighted by molar-refractivity contribution is -0.139. The van der Waals surface area contributed by atoms with Gasteiger partial charge in [0.1, 0.15) is 5.75 Å². The second-order valence-electron chi connectivity index (χ2n) is 9.47. The molecule has 1 saturated carbocycles. The predicted octanol–water partition coefficient (Wildman–Crippen LogP) is 4.66. The third kappa shape index (κ3) is 4.79. The Morgan fingerprint density at radius 1 is 1.06 bits per heavy atom. The van der Waals surface area contributed by atoms with Crippen LogP contribution in [-0.4, -0.2) is 46.9 Å². The molecule has 3 aromatic carbocycles. The molecule has 1 amide bonds. The average molecular weight is 493 g/mol. The number of carbonyl (C=O) groups is 2. The van der Waals surface area contributed by atoms with Crippen LogP contribution < -0.4 is 10.1 Å². The van der Waals surface area contributed by atoms with E-state index >= 15 is 0 Å². The van der Waals surface area contributed by atoms with E-state index in [9.17, 15) is 14.7 Å². The van der Waals surface area contributed by atoms with Crippen molar-refractivity contribution >= 4 is 34.1 Å². The molecule has 0 spiro atoms. The highest BCUT2D eigenvalue weighted by molar-refractivity contribution is 6.43. The molecule has 35 heavy (non-hydrogen) atoms. The van der Waals surface area contributed by atoms with Gasteiger partial charge in [0.15, 0.2) is 5.72 Å². The van der Waals surface area contributed by atoms with Crippen molar-refractivity contribution in [3.63, 3.8) is 0 Å². The summed E-state index contributed by atoms with van der Waals surface area (Å²) in [6, 6.07) is 17.3. The first-order valence-electron chi connectivity index (χ1n) is 12.1. The number of amides is 1. The third-order valence-electron chi connectivity index (χ3n) is 6.93. The van der Waals surface area contributed by atoms with Gasteiger partial charge < -0.3 is 15.2 Å². The summed E-state index contributed by atoms with van der Waals surface area (Å²) in [5.74, 6) is -0.812. The van der Waals surface area contributed by atoms with Crippen LogP contribution in [0.1, 0.15) is 48.5 Å². The van der Waals surface area contributed by atoms with Crippen molar-refractivity contribution in [2.45, 2.75) is 50.5 Å². The lowest BCUT2D eigenvalue weighted by Gasteiger charge is -2.42. The van der Waals surface area contributed by atoms with E-state index in [1.54, 1.807) is 37.3 Å². The van der Waals surface area contributed by atoms with E-state index in [1.807, 2.05) is 35.2 Å². The van der Waals surface area contributed by atoms with Crippen LogP contribution in [0.15, 0.2) is 60.7 Å². The maximum absolute atomic E-state index is 13.0. The first kappa shape index (κ1) is 23.8. The van der Waals surface area contributed by atoms with Gasteiger partial charge in [0, 0.05) is 24.2 Å². The number of rotatable bonds is 8. The molecule has 0 unspecified atom stereocenters. The quantitative estimate of drug-likeness (QED) is 0.353. The number of halogens is 1. The molecule has 1 saturated heterocycles. The number of nitrogens with one attached hydrogen (secondary N) is 1. The van der Waals surface area contributed by atoms with Crippen LogP contribution in [-0.2, 0) is 10.5 Å². The molecule has 2 aliphatic rings. The second kappa shape index (κ2) is 9.61. The molecule has 5 rings (SSSR count). The van der Waals surface area contributed by atoms with Gasteiger partial charge in [-0.1, -0.05) is 54.1 Å².